The van der Waals surface area contributed by atoms with Crippen molar-refractivity contribution >= 4 is 44.9 Å². The minimum atomic E-state index is 0.423. The van der Waals surface area contributed by atoms with Crippen LogP contribution in [0.2, 0.25) is 10.0 Å². The van der Waals surface area contributed by atoms with Gasteiger partial charge in [-0.05, 0) is 34.5 Å². The Balaban J connectivity index is 2.59. The normalized spacial score (nSPS) is 10.9. The third-order valence-electron chi connectivity index (χ3n) is 2.52. The van der Waals surface area contributed by atoms with Crippen molar-refractivity contribution < 1.29 is 0 Å². The van der Waals surface area contributed by atoms with Gasteiger partial charge in [0.1, 0.15) is 0 Å². The molecule has 0 unspecified atom stereocenters. The number of benzene rings is 1. The summed E-state index contributed by atoms with van der Waals surface area (Å²) in [5, 5.41) is 8.78. The first kappa shape index (κ1) is 13.6. The first-order valence-corrected chi connectivity index (χ1v) is 6.95. The standard InChI is InChI=1S/C11H11BrCl2N4/c1-2-3-8-11(15)16-17-18(8)7-5-4-6(12)9(13)10(7)14/h4-5H,2-3,15H2,1H3. The summed E-state index contributed by atoms with van der Waals surface area (Å²) in [5.41, 5.74) is 7.33. The zero-order valence-corrected chi connectivity index (χ0v) is 12.7. The van der Waals surface area contributed by atoms with Crippen LogP contribution in [0.4, 0.5) is 5.82 Å². The lowest BCUT2D eigenvalue weighted by Gasteiger charge is -2.09. The van der Waals surface area contributed by atoms with Crippen molar-refractivity contribution in [2.75, 3.05) is 5.73 Å². The van der Waals surface area contributed by atoms with Crippen molar-refractivity contribution in [1.29, 1.82) is 0 Å². The average Bonchev–Trinajstić information content (AvgIpc) is 2.70. The molecule has 96 valence electrons. The van der Waals surface area contributed by atoms with Gasteiger partial charge < -0.3 is 5.73 Å². The molecule has 0 saturated carbocycles. The van der Waals surface area contributed by atoms with Gasteiger partial charge in [0.25, 0.3) is 0 Å². The fourth-order valence-corrected chi connectivity index (χ4v) is 2.51. The maximum Gasteiger partial charge on any atom is 0.169 e. The summed E-state index contributed by atoms with van der Waals surface area (Å²) in [6, 6.07) is 3.64. The lowest BCUT2D eigenvalue weighted by molar-refractivity contribution is 0.746. The van der Waals surface area contributed by atoms with E-state index in [1.807, 2.05) is 12.1 Å². The molecule has 1 aromatic heterocycles. The maximum absolute atomic E-state index is 6.22. The average molecular weight is 350 g/mol. The molecule has 4 nitrogen and oxygen atoms in total. The molecule has 0 saturated heterocycles. The Labute approximate surface area is 123 Å². The van der Waals surface area contributed by atoms with Gasteiger partial charge >= 0.3 is 0 Å². The highest BCUT2D eigenvalue weighted by atomic mass is 79.9. The number of hydrogen-bond donors (Lipinski definition) is 1. The van der Waals surface area contributed by atoms with Gasteiger partial charge in [0.2, 0.25) is 0 Å². The lowest BCUT2D eigenvalue weighted by atomic mass is 10.2. The number of nitrogens with two attached hydrogens (primary N) is 1. The molecule has 1 heterocycles. The van der Waals surface area contributed by atoms with E-state index in [0.717, 1.165) is 23.0 Å². The van der Waals surface area contributed by atoms with E-state index in [0.29, 0.717) is 21.6 Å². The van der Waals surface area contributed by atoms with Gasteiger partial charge in [0.05, 0.1) is 21.4 Å². The molecule has 0 aliphatic rings. The Kier molecular flexibility index (Phi) is 4.14. The topological polar surface area (TPSA) is 56.7 Å². The summed E-state index contributed by atoms with van der Waals surface area (Å²) >= 11 is 15.6. The van der Waals surface area contributed by atoms with Gasteiger partial charge in [-0.15, -0.1) is 5.10 Å². The second-order valence-electron chi connectivity index (χ2n) is 3.78. The maximum atomic E-state index is 6.22. The van der Waals surface area contributed by atoms with E-state index >= 15 is 0 Å². The van der Waals surface area contributed by atoms with Crippen LogP contribution in [-0.4, -0.2) is 15.0 Å². The monoisotopic (exact) mass is 348 g/mol. The minimum absolute atomic E-state index is 0.423. The zero-order chi connectivity index (χ0) is 13.3. The van der Waals surface area contributed by atoms with E-state index in [9.17, 15) is 0 Å². The molecule has 0 fully saturated rings. The molecular weight excluding hydrogens is 339 g/mol. The van der Waals surface area contributed by atoms with Gasteiger partial charge in [-0.1, -0.05) is 41.8 Å². The summed E-state index contributed by atoms with van der Waals surface area (Å²) < 4.78 is 2.38. The van der Waals surface area contributed by atoms with Gasteiger partial charge in [-0.25, -0.2) is 4.68 Å². The number of rotatable bonds is 3. The Hall–Kier alpha value is -0.780. The van der Waals surface area contributed by atoms with Crippen LogP contribution in [0.25, 0.3) is 5.69 Å². The Morgan fingerprint density at radius 2 is 2.06 bits per heavy atom. The molecule has 0 bridgehead atoms. The zero-order valence-electron chi connectivity index (χ0n) is 9.62. The van der Waals surface area contributed by atoms with Crippen LogP contribution >= 0.6 is 39.1 Å². The molecule has 0 aliphatic carbocycles. The minimum Gasteiger partial charge on any atom is -0.381 e. The van der Waals surface area contributed by atoms with Crippen molar-refractivity contribution in [3.05, 3.63) is 32.3 Å². The van der Waals surface area contributed by atoms with E-state index in [-0.39, 0.29) is 0 Å². The van der Waals surface area contributed by atoms with E-state index in [4.69, 9.17) is 28.9 Å². The number of anilines is 1. The second-order valence-corrected chi connectivity index (χ2v) is 5.39. The van der Waals surface area contributed by atoms with Crippen molar-refractivity contribution in [3.63, 3.8) is 0 Å². The van der Waals surface area contributed by atoms with Gasteiger partial charge in [-0.3, -0.25) is 0 Å². The predicted octanol–water partition coefficient (Wildman–Crippen LogP) is 3.87. The van der Waals surface area contributed by atoms with Crippen molar-refractivity contribution in [1.82, 2.24) is 15.0 Å². The first-order valence-electron chi connectivity index (χ1n) is 5.40. The molecular formula is C11H11BrCl2N4. The second kappa shape index (κ2) is 5.47. The Bertz CT molecular complexity index is 583. The SMILES string of the molecule is CCCc1c(N)nnn1-c1ccc(Br)c(Cl)c1Cl. The van der Waals surface area contributed by atoms with Crippen molar-refractivity contribution in [3.8, 4) is 5.69 Å². The molecule has 0 atom stereocenters. The predicted molar refractivity (Wildman–Crippen MR) is 77.5 cm³/mol. The number of nitrogens with zero attached hydrogens (tertiary/aromatic N) is 3. The summed E-state index contributed by atoms with van der Waals surface area (Å²) in [6.45, 7) is 2.06. The van der Waals surface area contributed by atoms with Crippen LogP contribution in [0.5, 0.6) is 0 Å². The Morgan fingerprint density at radius 3 is 2.72 bits per heavy atom. The first-order chi connectivity index (χ1) is 8.56. The largest absolute Gasteiger partial charge is 0.381 e. The van der Waals surface area contributed by atoms with E-state index < -0.39 is 0 Å². The third-order valence-corrected chi connectivity index (χ3v) is 4.28. The van der Waals surface area contributed by atoms with Crippen molar-refractivity contribution in [2.24, 2.45) is 0 Å². The number of halogens is 3. The molecule has 0 aliphatic heterocycles. The molecule has 2 rings (SSSR count). The third kappa shape index (κ3) is 2.35. The highest BCUT2D eigenvalue weighted by molar-refractivity contribution is 9.10. The summed E-state index contributed by atoms with van der Waals surface area (Å²) in [6.07, 6.45) is 1.72. The van der Waals surface area contributed by atoms with Crippen molar-refractivity contribution in [2.45, 2.75) is 19.8 Å². The van der Waals surface area contributed by atoms with Gasteiger partial charge in [0.15, 0.2) is 5.82 Å². The molecule has 2 N–H and O–H groups in total. The molecule has 2 aromatic rings. The number of aromatic nitrogens is 3. The smallest absolute Gasteiger partial charge is 0.169 e. The fraction of sp³-hybridized carbons (Fsp3) is 0.273. The van der Waals surface area contributed by atoms with Crippen LogP contribution < -0.4 is 5.73 Å². The van der Waals surface area contributed by atoms with Gasteiger partial charge in [0, 0.05) is 4.47 Å². The van der Waals surface area contributed by atoms with E-state index in [1.165, 1.54) is 0 Å². The summed E-state index contributed by atoms with van der Waals surface area (Å²) in [4.78, 5) is 0. The van der Waals surface area contributed by atoms with Crippen LogP contribution in [0.1, 0.15) is 19.0 Å². The van der Waals surface area contributed by atoms with Gasteiger partial charge in [-0.2, -0.15) is 0 Å². The summed E-state index contributed by atoms with van der Waals surface area (Å²) in [5.74, 6) is 0.423. The molecule has 0 radical (unpaired) electrons. The molecule has 1 aromatic carbocycles. The number of hydrogen-bond acceptors (Lipinski definition) is 3. The highest BCUT2D eigenvalue weighted by Gasteiger charge is 2.16. The van der Waals surface area contributed by atoms with Crippen LogP contribution in [0.3, 0.4) is 0 Å². The van der Waals surface area contributed by atoms with E-state index in [1.54, 1.807) is 4.68 Å². The highest BCUT2D eigenvalue weighted by Crippen LogP contribution is 2.35. The molecule has 0 amide bonds. The van der Waals surface area contributed by atoms with Crippen LogP contribution in [-0.2, 0) is 6.42 Å². The fourth-order valence-electron chi connectivity index (χ4n) is 1.66. The Morgan fingerprint density at radius 1 is 1.33 bits per heavy atom. The molecule has 7 heteroatoms. The lowest BCUT2D eigenvalue weighted by Crippen LogP contribution is -2.04. The summed E-state index contributed by atoms with van der Waals surface area (Å²) in [7, 11) is 0. The van der Waals surface area contributed by atoms with E-state index in [2.05, 4.69) is 33.2 Å². The van der Waals surface area contributed by atoms with Crippen LogP contribution in [0, 0.1) is 0 Å². The quantitative estimate of drug-likeness (QED) is 0.855. The molecule has 0 spiro atoms. The van der Waals surface area contributed by atoms with Crippen LogP contribution in [0.15, 0.2) is 16.6 Å². The number of nitrogen functional groups attached to an aromatic ring is 1. The molecule has 18 heavy (non-hydrogen) atoms.